The molecule has 24 heavy (non-hydrogen) atoms. The number of nitriles is 2. The van der Waals surface area contributed by atoms with Gasteiger partial charge in [-0.05, 0) is 11.1 Å². The molecule has 2 aliphatic heterocycles. The van der Waals surface area contributed by atoms with Gasteiger partial charge in [-0.1, -0.05) is 24.3 Å². The number of morpholine rings is 2. The summed E-state index contributed by atoms with van der Waals surface area (Å²) in [6, 6.07) is 12.1. The molecule has 0 aliphatic carbocycles. The average Bonchev–Trinajstić information content (AvgIpc) is 2.65. The van der Waals surface area contributed by atoms with Gasteiger partial charge >= 0.3 is 0 Å². The molecule has 2 fully saturated rings. The van der Waals surface area contributed by atoms with Crippen LogP contribution in [-0.2, 0) is 9.47 Å². The molecule has 6 nitrogen and oxygen atoms in total. The van der Waals surface area contributed by atoms with E-state index < -0.39 is 0 Å². The lowest BCUT2D eigenvalue weighted by Gasteiger charge is -2.32. The Kier molecular flexibility index (Phi) is 5.79. The molecule has 2 saturated heterocycles. The van der Waals surface area contributed by atoms with E-state index in [2.05, 4.69) is 21.9 Å². The molecule has 2 aliphatic rings. The molecule has 0 aromatic heterocycles. The Morgan fingerprint density at radius 1 is 0.792 bits per heavy atom. The normalized spacial score (nSPS) is 22.2. The van der Waals surface area contributed by atoms with Crippen molar-refractivity contribution < 1.29 is 9.47 Å². The lowest BCUT2D eigenvalue weighted by Crippen LogP contribution is -2.39. The predicted octanol–water partition coefficient (Wildman–Crippen LogP) is 1.48. The second-order valence-corrected chi connectivity index (χ2v) is 6.03. The van der Waals surface area contributed by atoms with E-state index >= 15 is 0 Å². The van der Waals surface area contributed by atoms with E-state index in [1.54, 1.807) is 0 Å². The first kappa shape index (κ1) is 16.9. The van der Waals surface area contributed by atoms with Gasteiger partial charge in [-0.15, -0.1) is 0 Å². The summed E-state index contributed by atoms with van der Waals surface area (Å²) in [7, 11) is 0. The highest BCUT2D eigenvalue weighted by Gasteiger charge is 2.25. The largest absolute Gasteiger partial charge is 0.379 e. The minimum absolute atomic E-state index is 0.294. The third-order valence-electron chi connectivity index (χ3n) is 4.61. The lowest BCUT2D eigenvalue weighted by molar-refractivity contribution is 0.0256. The van der Waals surface area contributed by atoms with Crippen LogP contribution in [0, 0.1) is 22.7 Å². The van der Waals surface area contributed by atoms with E-state index in [4.69, 9.17) is 9.47 Å². The maximum Gasteiger partial charge on any atom is 0.124 e. The van der Waals surface area contributed by atoms with Crippen LogP contribution in [0.25, 0.3) is 0 Å². The van der Waals surface area contributed by atoms with E-state index in [-0.39, 0.29) is 12.1 Å². The van der Waals surface area contributed by atoms with Gasteiger partial charge in [0, 0.05) is 26.2 Å². The van der Waals surface area contributed by atoms with Gasteiger partial charge in [-0.3, -0.25) is 9.80 Å². The molecule has 126 valence electrons. The Hall–Kier alpha value is -1.96. The van der Waals surface area contributed by atoms with Gasteiger partial charge in [0.25, 0.3) is 0 Å². The summed E-state index contributed by atoms with van der Waals surface area (Å²) in [5.74, 6) is 0. The summed E-state index contributed by atoms with van der Waals surface area (Å²) in [5, 5.41) is 19.3. The van der Waals surface area contributed by atoms with Crippen LogP contribution < -0.4 is 0 Å². The van der Waals surface area contributed by atoms with Gasteiger partial charge in [0.2, 0.25) is 0 Å². The molecular formula is C18H22N4O2. The lowest BCUT2D eigenvalue weighted by atomic mass is 9.99. The van der Waals surface area contributed by atoms with Crippen LogP contribution >= 0.6 is 0 Å². The highest BCUT2D eigenvalue weighted by atomic mass is 16.5. The van der Waals surface area contributed by atoms with Crippen molar-refractivity contribution in [3.05, 3.63) is 35.4 Å². The SMILES string of the molecule is N#CC(c1cccc(C(C#N)N2CCOCC2)c1)N1CCOCC1. The molecule has 0 saturated carbocycles. The van der Waals surface area contributed by atoms with Crippen LogP contribution in [0.2, 0.25) is 0 Å². The Balaban J connectivity index is 1.81. The van der Waals surface area contributed by atoms with Crippen LogP contribution in [0.15, 0.2) is 24.3 Å². The zero-order chi connectivity index (χ0) is 16.8. The second-order valence-electron chi connectivity index (χ2n) is 6.03. The average molecular weight is 326 g/mol. The molecule has 0 N–H and O–H groups in total. The zero-order valence-corrected chi connectivity index (χ0v) is 13.7. The minimum atomic E-state index is -0.294. The van der Waals surface area contributed by atoms with E-state index in [9.17, 15) is 10.5 Å². The molecular weight excluding hydrogens is 304 g/mol. The topological polar surface area (TPSA) is 72.5 Å². The maximum absolute atomic E-state index is 9.64. The Morgan fingerprint density at radius 2 is 1.21 bits per heavy atom. The molecule has 1 aromatic carbocycles. The van der Waals surface area contributed by atoms with Crippen molar-refractivity contribution in [3.8, 4) is 12.1 Å². The third kappa shape index (κ3) is 3.75. The van der Waals surface area contributed by atoms with E-state index in [1.165, 1.54) is 0 Å². The molecule has 0 spiro atoms. The van der Waals surface area contributed by atoms with Crippen molar-refractivity contribution in [2.45, 2.75) is 12.1 Å². The fourth-order valence-corrected chi connectivity index (χ4v) is 3.30. The molecule has 3 rings (SSSR count). The molecule has 0 bridgehead atoms. The predicted molar refractivity (Wildman–Crippen MR) is 87.9 cm³/mol. The molecule has 2 atom stereocenters. The molecule has 1 aromatic rings. The third-order valence-corrected chi connectivity index (χ3v) is 4.61. The van der Waals surface area contributed by atoms with Crippen LogP contribution in [0.1, 0.15) is 23.2 Å². The number of hydrogen-bond acceptors (Lipinski definition) is 6. The molecule has 6 heteroatoms. The number of benzene rings is 1. The van der Waals surface area contributed by atoms with E-state index in [1.807, 2.05) is 24.3 Å². The first-order valence-corrected chi connectivity index (χ1v) is 8.36. The number of rotatable bonds is 4. The van der Waals surface area contributed by atoms with E-state index in [0.29, 0.717) is 26.4 Å². The highest BCUT2D eigenvalue weighted by Crippen LogP contribution is 2.27. The van der Waals surface area contributed by atoms with Gasteiger partial charge in [0.05, 0.1) is 38.6 Å². The summed E-state index contributed by atoms with van der Waals surface area (Å²) in [6.45, 7) is 5.67. The molecule has 0 radical (unpaired) electrons. The van der Waals surface area contributed by atoms with E-state index in [0.717, 1.165) is 37.3 Å². The summed E-state index contributed by atoms with van der Waals surface area (Å²) in [6.07, 6.45) is 0. The first-order chi connectivity index (χ1) is 11.8. The molecule has 0 amide bonds. The van der Waals surface area contributed by atoms with Gasteiger partial charge in [-0.2, -0.15) is 10.5 Å². The summed E-state index contributed by atoms with van der Waals surface area (Å²) in [5.41, 5.74) is 1.90. The molecule has 2 unspecified atom stereocenters. The smallest absolute Gasteiger partial charge is 0.124 e. The molecule has 2 heterocycles. The number of ether oxygens (including phenoxy) is 2. The standard InChI is InChI=1S/C18H22N4O2/c19-13-17(21-4-8-23-9-5-21)15-2-1-3-16(12-15)18(14-20)22-6-10-24-11-7-22/h1-3,12,17-18H,4-11H2. The van der Waals surface area contributed by atoms with Crippen molar-refractivity contribution >= 4 is 0 Å². The van der Waals surface area contributed by atoms with Crippen LogP contribution in [-0.4, -0.2) is 62.4 Å². The van der Waals surface area contributed by atoms with Crippen LogP contribution in [0.4, 0.5) is 0 Å². The fraction of sp³-hybridized carbons (Fsp3) is 0.556. The second kappa shape index (κ2) is 8.23. The quantitative estimate of drug-likeness (QED) is 0.834. The zero-order valence-electron chi connectivity index (χ0n) is 13.7. The Morgan fingerprint density at radius 3 is 1.58 bits per heavy atom. The summed E-state index contributed by atoms with van der Waals surface area (Å²) >= 11 is 0. The van der Waals surface area contributed by atoms with Gasteiger partial charge < -0.3 is 9.47 Å². The summed E-state index contributed by atoms with van der Waals surface area (Å²) < 4.78 is 10.8. The van der Waals surface area contributed by atoms with Crippen molar-refractivity contribution in [1.82, 2.24) is 9.80 Å². The van der Waals surface area contributed by atoms with Crippen molar-refractivity contribution in [3.63, 3.8) is 0 Å². The summed E-state index contributed by atoms with van der Waals surface area (Å²) in [4.78, 5) is 4.28. The first-order valence-electron chi connectivity index (χ1n) is 8.36. The van der Waals surface area contributed by atoms with Crippen molar-refractivity contribution in [1.29, 1.82) is 10.5 Å². The number of nitrogens with zero attached hydrogens (tertiary/aromatic N) is 4. The Labute approximate surface area is 142 Å². The van der Waals surface area contributed by atoms with Crippen LogP contribution in [0.5, 0.6) is 0 Å². The number of hydrogen-bond donors (Lipinski definition) is 0. The minimum Gasteiger partial charge on any atom is -0.379 e. The maximum atomic E-state index is 9.64. The highest BCUT2D eigenvalue weighted by molar-refractivity contribution is 5.33. The van der Waals surface area contributed by atoms with Crippen molar-refractivity contribution in [2.24, 2.45) is 0 Å². The van der Waals surface area contributed by atoms with Gasteiger partial charge in [0.15, 0.2) is 0 Å². The monoisotopic (exact) mass is 326 g/mol. The fourth-order valence-electron chi connectivity index (χ4n) is 3.30. The Bertz CT molecular complexity index is 573. The van der Waals surface area contributed by atoms with Gasteiger partial charge in [0.1, 0.15) is 12.1 Å². The van der Waals surface area contributed by atoms with Crippen molar-refractivity contribution in [2.75, 3.05) is 52.6 Å². The van der Waals surface area contributed by atoms with Gasteiger partial charge in [-0.25, -0.2) is 0 Å². The van der Waals surface area contributed by atoms with Crippen LogP contribution in [0.3, 0.4) is 0 Å².